The molecule has 4 nitrogen and oxygen atoms in total. The summed E-state index contributed by atoms with van der Waals surface area (Å²) in [4.78, 5) is 0. The summed E-state index contributed by atoms with van der Waals surface area (Å²) in [5.41, 5.74) is 0.579. The Morgan fingerprint density at radius 2 is 2.62 bits per heavy atom. The molecule has 0 N–H and O–H groups in total. The topological polar surface area (TPSA) is 50.8 Å². The largest absolute Gasteiger partial charge is 0.379 e. The van der Waals surface area contributed by atoms with Gasteiger partial charge in [0.05, 0.1) is 23.3 Å². The van der Waals surface area contributed by atoms with E-state index in [-0.39, 0.29) is 6.04 Å². The van der Waals surface area contributed by atoms with Crippen molar-refractivity contribution in [2.24, 2.45) is 0 Å². The SMILES string of the molecule is N#Cc1c(Br)cnn1[C@@H]1CCOC1. The maximum atomic E-state index is 8.87. The van der Waals surface area contributed by atoms with Gasteiger partial charge in [0, 0.05) is 6.61 Å². The molecule has 1 aliphatic rings. The van der Waals surface area contributed by atoms with Crippen molar-refractivity contribution in [2.45, 2.75) is 12.5 Å². The fourth-order valence-corrected chi connectivity index (χ4v) is 1.80. The van der Waals surface area contributed by atoms with E-state index in [9.17, 15) is 0 Å². The molecule has 0 aromatic carbocycles. The number of halogens is 1. The van der Waals surface area contributed by atoms with Crippen molar-refractivity contribution in [1.29, 1.82) is 5.26 Å². The molecule has 1 aromatic heterocycles. The number of hydrogen-bond acceptors (Lipinski definition) is 3. The van der Waals surface area contributed by atoms with Gasteiger partial charge >= 0.3 is 0 Å². The summed E-state index contributed by atoms with van der Waals surface area (Å²) in [7, 11) is 0. The fraction of sp³-hybridized carbons (Fsp3) is 0.500. The number of ether oxygens (including phenoxy) is 1. The highest BCUT2D eigenvalue weighted by Gasteiger charge is 2.21. The van der Waals surface area contributed by atoms with Gasteiger partial charge < -0.3 is 4.74 Å². The summed E-state index contributed by atoms with van der Waals surface area (Å²) in [5, 5.41) is 13.0. The molecule has 2 heterocycles. The Labute approximate surface area is 84.2 Å². The Hall–Kier alpha value is -0.860. The zero-order valence-corrected chi connectivity index (χ0v) is 8.49. The molecule has 68 valence electrons. The fourth-order valence-electron chi connectivity index (χ4n) is 1.44. The molecule has 1 aromatic rings. The smallest absolute Gasteiger partial charge is 0.153 e. The third kappa shape index (κ3) is 1.47. The second kappa shape index (κ2) is 3.48. The van der Waals surface area contributed by atoms with Crippen LogP contribution < -0.4 is 0 Å². The molecule has 0 radical (unpaired) electrons. The summed E-state index contributed by atoms with van der Waals surface area (Å²) >= 11 is 3.28. The lowest BCUT2D eigenvalue weighted by molar-refractivity contribution is 0.184. The molecule has 5 heteroatoms. The Morgan fingerprint density at radius 3 is 3.23 bits per heavy atom. The van der Waals surface area contributed by atoms with E-state index in [0.717, 1.165) is 17.5 Å². The second-order valence-electron chi connectivity index (χ2n) is 2.91. The first-order valence-electron chi connectivity index (χ1n) is 4.04. The maximum Gasteiger partial charge on any atom is 0.153 e. The molecular weight excluding hydrogens is 234 g/mol. The molecule has 0 amide bonds. The van der Waals surface area contributed by atoms with Gasteiger partial charge in [0.2, 0.25) is 0 Å². The lowest BCUT2D eigenvalue weighted by atomic mass is 10.2. The Morgan fingerprint density at radius 1 is 1.77 bits per heavy atom. The number of rotatable bonds is 1. The van der Waals surface area contributed by atoms with Crippen LogP contribution in [0.15, 0.2) is 10.7 Å². The van der Waals surface area contributed by atoms with Crippen molar-refractivity contribution in [3.63, 3.8) is 0 Å². The van der Waals surface area contributed by atoms with Gasteiger partial charge in [-0.25, -0.2) is 4.68 Å². The van der Waals surface area contributed by atoms with E-state index < -0.39 is 0 Å². The molecule has 0 bridgehead atoms. The van der Waals surface area contributed by atoms with Crippen molar-refractivity contribution in [3.05, 3.63) is 16.4 Å². The minimum absolute atomic E-state index is 0.223. The second-order valence-corrected chi connectivity index (χ2v) is 3.77. The minimum atomic E-state index is 0.223. The zero-order chi connectivity index (χ0) is 9.26. The van der Waals surface area contributed by atoms with Crippen molar-refractivity contribution in [2.75, 3.05) is 13.2 Å². The van der Waals surface area contributed by atoms with Gasteiger partial charge in [0.15, 0.2) is 5.69 Å². The number of hydrogen-bond donors (Lipinski definition) is 0. The molecule has 13 heavy (non-hydrogen) atoms. The normalized spacial score (nSPS) is 21.7. The van der Waals surface area contributed by atoms with Crippen LogP contribution in [0.5, 0.6) is 0 Å². The molecule has 1 saturated heterocycles. The molecule has 0 saturated carbocycles. The van der Waals surface area contributed by atoms with Crippen LogP contribution in [0.3, 0.4) is 0 Å². The van der Waals surface area contributed by atoms with Crippen molar-refractivity contribution in [3.8, 4) is 6.07 Å². The standard InChI is InChI=1S/C8H8BrN3O/c9-7-4-11-12(8(7)3-10)6-1-2-13-5-6/h4,6H,1-2,5H2/t6-/m1/s1. The molecule has 0 spiro atoms. The van der Waals surface area contributed by atoms with E-state index in [1.54, 1.807) is 10.9 Å². The van der Waals surface area contributed by atoms with Gasteiger partial charge in [0.1, 0.15) is 6.07 Å². The highest BCUT2D eigenvalue weighted by atomic mass is 79.9. The third-order valence-corrected chi connectivity index (χ3v) is 2.69. The predicted molar refractivity (Wildman–Crippen MR) is 49.1 cm³/mol. The van der Waals surface area contributed by atoms with Crippen LogP contribution >= 0.6 is 15.9 Å². The predicted octanol–water partition coefficient (Wildman–Crippen LogP) is 1.48. The van der Waals surface area contributed by atoms with Crippen LogP contribution in [-0.4, -0.2) is 23.0 Å². The molecule has 1 fully saturated rings. The van der Waals surface area contributed by atoms with E-state index in [1.165, 1.54) is 0 Å². The third-order valence-electron chi connectivity index (χ3n) is 2.11. The zero-order valence-electron chi connectivity index (χ0n) is 6.90. The average Bonchev–Trinajstić information content (AvgIpc) is 2.71. The van der Waals surface area contributed by atoms with Crippen LogP contribution in [-0.2, 0) is 4.74 Å². The van der Waals surface area contributed by atoms with E-state index in [1.807, 2.05) is 0 Å². The Balaban J connectivity index is 2.34. The number of nitrogens with zero attached hydrogens (tertiary/aromatic N) is 3. The highest BCUT2D eigenvalue weighted by molar-refractivity contribution is 9.10. The minimum Gasteiger partial charge on any atom is -0.379 e. The average molecular weight is 242 g/mol. The van der Waals surface area contributed by atoms with E-state index in [0.29, 0.717) is 12.3 Å². The van der Waals surface area contributed by atoms with Crippen LogP contribution in [0.4, 0.5) is 0 Å². The number of nitriles is 1. The maximum absolute atomic E-state index is 8.87. The Bertz CT molecular complexity index is 349. The van der Waals surface area contributed by atoms with Gasteiger partial charge in [-0.05, 0) is 22.4 Å². The first kappa shape index (κ1) is 8.73. The number of aromatic nitrogens is 2. The molecule has 0 unspecified atom stereocenters. The van der Waals surface area contributed by atoms with Crippen molar-refractivity contribution in [1.82, 2.24) is 9.78 Å². The summed E-state index contributed by atoms with van der Waals surface area (Å²) in [6.07, 6.45) is 2.58. The first-order chi connectivity index (χ1) is 6.33. The van der Waals surface area contributed by atoms with Gasteiger partial charge in [-0.2, -0.15) is 10.4 Å². The molecule has 1 atom stereocenters. The van der Waals surface area contributed by atoms with Crippen molar-refractivity contribution < 1.29 is 4.74 Å². The monoisotopic (exact) mass is 241 g/mol. The Kier molecular flexibility index (Phi) is 2.34. The van der Waals surface area contributed by atoms with E-state index in [2.05, 4.69) is 27.1 Å². The summed E-state index contributed by atoms with van der Waals surface area (Å²) < 4.78 is 7.72. The summed E-state index contributed by atoms with van der Waals surface area (Å²) in [6.45, 7) is 1.41. The molecule has 0 aliphatic carbocycles. The van der Waals surface area contributed by atoms with Gasteiger partial charge in [-0.1, -0.05) is 0 Å². The lowest BCUT2D eigenvalue weighted by Gasteiger charge is -2.08. The van der Waals surface area contributed by atoms with E-state index >= 15 is 0 Å². The first-order valence-corrected chi connectivity index (χ1v) is 4.83. The van der Waals surface area contributed by atoms with E-state index in [4.69, 9.17) is 10.00 Å². The van der Waals surface area contributed by atoms with Crippen LogP contribution in [0.1, 0.15) is 18.2 Å². The summed E-state index contributed by atoms with van der Waals surface area (Å²) in [6, 6.07) is 2.34. The molecule has 1 aliphatic heterocycles. The lowest BCUT2D eigenvalue weighted by Crippen LogP contribution is -2.12. The van der Waals surface area contributed by atoms with Crippen LogP contribution in [0.25, 0.3) is 0 Å². The highest BCUT2D eigenvalue weighted by Crippen LogP contribution is 2.23. The van der Waals surface area contributed by atoms with Gasteiger partial charge in [-0.3, -0.25) is 0 Å². The summed E-state index contributed by atoms with van der Waals surface area (Å²) in [5.74, 6) is 0. The van der Waals surface area contributed by atoms with Gasteiger partial charge in [-0.15, -0.1) is 0 Å². The van der Waals surface area contributed by atoms with Crippen molar-refractivity contribution >= 4 is 15.9 Å². The molecule has 2 rings (SSSR count). The van der Waals surface area contributed by atoms with Crippen LogP contribution in [0.2, 0.25) is 0 Å². The van der Waals surface area contributed by atoms with Gasteiger partial charge in [0.25, 0.3) is 0 Å². The molecular formula is C8H8BrN3O. The van der Waals surface area contributed by atoms with Crippen LogP contribution in [0, 0.1) is 11.3 Å². The quantitative estimate of drug-likeness (QED) is 0.749.